The van der Waals surface area contributed by atoms with Crippen LogP contribution in [0.15, 0.2) is 29.3 Å². The average Bonchev–Trinajstić information content (AvgIpc) is 3.35. The molecule has 1 aromatic rings. The van der Waals surface area contributed by atoms with Crippen molar-refractivity contribution in [3.63, 3.8) is 0 Å². The number of thioether (sulfide) groups is 1. The van der Waals surface area contributed by atoms with Crippen molar-refractivity contribution in [3.8, 4) is 5.75 Å². The SMILES string of the molecule is CC[C@H](C)[C@@H]1NC(=O)CNC(=O)CSCC[C@@H](C(=O)CC[C@@H](CCCN=C(N)N)CN[C@@H](Cc2ccc(O)cc2)C(N)=O)NCC(=O)[C@H](CCCCNC(=O)CCOCCOCCCC(=O)CBr)CCC1=O. The maximum atomic E-state index is 14.1. The topological polar surface area (TPSA) is 326 Å². The summed E-state index contributed by atoms with van der Waals surface area (Å²) in [5.41, 5.74) is 17.7. The van der Waals surface area contributed by atoms with Crippen molar-refractivity contribution in [3.05, 3.63) is 29.8 Å². The van der Waals surface area contributed by atoms with Crippen LogP contribution in [0.25, 0.3) is 0 Å². The number of ether oxygens (including phenoxy) is 2. The molecule has 2 rings (SSSR count). The number of aliphatic imine (C=N–C) groups is 1. The molecule has 1 aliphatic rings. The monoisotopic (exact) mass is 1100 g/mol. The van der Waals surface area contributed by atoms with Gasteiger partial charge >= 0.3 is 0 Å². The molecule has 406 valence electrons. The number of alkyl halides is 1. The smallest absolute Gasteiger partial charge is 0.239 e. The van der Waals surface area contributed by atoms with Crippen LogP contribution in [0.1, 0.15) is 109 Å². The van der Waals surface area contributed by atoms with Crippen LogP contribution in [0, 0.1) is 17.8 Å². The predicted octanol–water partition coefficient (Wildman–Crippen LogP) is 2.13. The van der Waals surface area contributed by atoms with E-state index in [0.29, 0.717) is 121 Å². The quantitative estimate of drug-likeness (QED) is 0.0216. The molecule has 1 aliphatic heterocycles. The number of phenolic OH excluding ortho intramolecular Hbond substituents is 1. The normalized spacial score (nSPS) is 18.9. The first-order valence-electron chi connectivity index (χ1n) is 25.3. The van der Waals surface area contributed by atoms with E-state index in [0.717, 1.165) is 5.56 Å². The minimum atomic E-state index is -0.803. The number of phenols is 1. The van der Waals surface area contributed by atoms with Gasteiger partial charge < -0.3 is 58.4 Å². The molecule has 0 saturated carbocycles. The predicted molar refractivity (Wildman–Crippen MR) is 282 cm³/mol. The molecule has 12 N–H and O–H groups in total. The number of primary amides is 1. The van der Waals surface area contributed by atoms with Gasteiger partial charge in [0.1, 0.15) is 23.1 Å². The van der Waals surface area contributed by atoms with Crippen molar-refractivity contribution in [1.82, 2.24) is 26.6 Å². The van der Waals surface area contributed by atoms with Crippen LogP contribution < -0.4 is 43.8 Å². The molecule has 0 aliphatic carbocycles. The van der Waals surface area contributed by atoms with Crippen LogP contribution in [0.5, 0.6) is 5.75 Å². The van der Waals surface area contributed by atoms with Crippen molar-refractivity contribution < 1.29 is 52.9 Å². The van der Waals surface area contributed by atoms with Crippen molar-refractivity contribution in [1.29, 1.82) is 0 Å². The number of hydrogen-bond donors (Lipinski definition) is 9. The first-order chi connectivity index (χ1) is 34.5. The molecule has 1 aromatic carbocycles. The lowest BCUT2D eigenvalue weighted by Gasteiger charge is -2.25. The molecule has 0 aromatic heterocycles. The Labute approximate surface area is 437 Å². The Morgan fingerprint density at radius 3 is 2.32 bits per heavy atom. The number of Topliss-reactive ketones (excluding diaryl/α,β-unsaturated/α-hetero) is 4. The highest BCUT2D eigenvalue weighted by Gasteiger charge is 2.29. The molecule has 1 fully saturated rings. The van der Waals surface area contributed by atoms with E-state index in [4.69, 9.17) is 26.7 Å². The third kappa shape index (κ3) is 29.3. The minimum absolute atomic E-state index is 0.0276. The number of nitrogens with zero attached hydrogens (tertiary/aromatic N) is 1. The maximum Gasteiger partial charge on any atom is 0.239 e. The van der Waals surface area contributed by atoms with Crippen molar-refractivity contribution in [2.45, 2.75) is 128 Å². The third-order valence-corrected chi connectivity index (χ3v) is 14.1. The summed E-state index contributed by atoms with van der Waals surface area (Å²) in [5.74, 6) is -2.30. The van der Waals surface area contributed by atoms with E-state index >= 15 is 0 Å². The summed E-state index contributed by atoms with van der Waals surface area (Å²) in [6.45, 7) is 5.83. The van der Waals surface area contributed by atoms with Gasteiger partial charge in [-0.15, -0.1) is 0 Å². The largest absolute Gasteiger partial charge is 0.508 e. The molecular weight excluding hydrogens is 1010 g/mol. The summed E-state index contributed by atoms with van der Waals surface area (Å²) in [7, 11) is 0. The van der Waals surface area contributed by atoms with Crippen LogP contribution in [0.3, 0.4) is 0 Å². The number of halogens is 1. The Morgan fingerprint density at radius 1 is 0.889 bits per heavy atom. The van der Waals surface area contributed by atoms with Gasteiger partial charge in [0.2, 0.25) is 23.6 Å². The second-order valence-electron chi connectivity index (χ2n) is 18.3. The molecule has 6 atom stereocenters. The van der Waals surface area contributed by atoms with E-state index in [-0.39, 0.29) is 110 Å². The number of carbonyl (C=O) groups excluding carboxylic acids is 8. The summed E-state index contributed by atoms with van der Waals surface area (Å²) >= 11 is 4.43. The number of carbonyl (C=O) groups is 8. The number of nitrogens with two attached hydrogens (primary N) is 3. The number of hydrogen-bond acceptors (Lipinski definition) is 15. The van der Waals surface area contributed by atoms with E-state index in [1.165, 1.54) is 23.9 Å². The number of rotatable bonds is 32. The van der Waals surface area contributed by atoms with Gasteiger partial charge in [-0.05, 0) is 99.6 Å². The number of benzene rings is 1. The second-order valence-corrected chi connectivity index (χ2v) is 20.0. The minimum Gasteiger partial charge on any atom is -0.508 e. The van der Waals surface area contributed by atoms with Gasteiger partial charge in [-0.2, -0.15) is 11.8 Å². The molecule has 20 nitrogen and oxygen atoms in total. The molecule has 1 heterocycles. The van der Waals surface area contributed by atoms with E-state index in [1.54, 1.807) is 12.1 Å². The number of nitrogens with one attached hydrogen (secondary N) is 5. The zero-order chi connectivity index (χ0) is 53.1. The number of amides is 4. The van der Waals surface area contributed by atoms with Gasteiger partial charge in [0.25, 0.3) is 0 Å². The average molecular weight is 1100 g/mol. The first kappa shape index (κ1) is 63.6. The maximum absolute atomic E-state index is 14.1. The van der Waals surface area contributed by atoms with Crippen molar-refractivity contribution in [2.75, 3.05) is 76.0 Å². The Bertz CT molecular complexity index is 1860. The van der Waals surface area contributed by atoms with E-state index < -0.39 is 35.9 Å². The number of unbranched alkanes of at least 4 members (excludes halogenated alkanes) is 1. The summed E-state index contributed by atoms with van der Waals surface area (Å²) in [6.07, 6.45) is 6.14. The third-order valence-electron chi connectivity index (χ3n) is 12.5. The lowest BCUT2D eigenvalue weighted by molar-refractivity contribution is -0.130. The Hall–Kier alpha value is -4.48. The van der Waals surface area contributed by atoms with E-state index in [1.807, 2.05) is 13.8 Å². The van der Waals surface area contributed by atoms with Gasteiger partial charge in [-0.1, -0.05) is 54.8 Å². The molecule has 0 spiro atoms. The molecule has 0 bridgehead atoms. The lowest BCUT2D eigenvalue weighted by atomic mass is 9.87. The second kappa shape index (κ2) is 38.1. The summed E-state index contributed by atoms with van der Waals surface area (Å²) in [5, 5.41) is 24.9. The van der Waals surface area contributed by atoms with Crippen molar-refractivity contribution >= 4 is 80.4 Å². The number of ketones is 4. The summed E-state index contributed by atoms with van der Waals surface area (Å²) in [4.78, 5) is 108. The fraction of sp³-hybridized carbons (Fsp3) is 0.700. The fourth-order valence-corrected chi connectivity index (χ4v) is 9.06. The number of guanidine groups is 1. The summed E-state index contributed by atoms with van der Waals surface area (Å²) in [6, 6.07) is 4.25. The summed E-state index contributed by atoms with van der Waals surface area (Å²) < 4.78 is 11.0. The molecule has 72 heavy (non-hydrogen) atoms. The standard InChI is InChI=1S/C50H82BrN9O11S/c1-3-34(2)48-43(64)18-14-37(9-4-5-21-55-45(66)19-24-71-26-25-70-23-7-10-39(62)29-51)44(65)31-58-40(20-27-72-33-47(68)59-32-46(67)60-48)42(63)17-13-36(8-6-22-56-50(53)54)30-57-41(49(52)69)28-35-11-15-38(61)16-12-35/h11-12,15-16,34,36-37,40-41,48,57-58,61H,3-10,13-14,17-33H2,1-2H3,(H2,52,69)(H,55,66)(H,59,68)(H,60,67)(H4,53,54,56)/t34-,36+,37+,40-,41-,48-/m0/s1. The van der Waals surface area contributed by atoms with Gasteiger partial charge in [0, 0.05) is 51.3 Å². The van der Waals surface area contributed by atoms with Crippen LogP contribution in [0.2, 0.25) is 0 Å². The zero-order valence-corrected chi connectivity index (χ0v) is 44.8. The van der Waals surface area contributed by atoms with Gasteiger partial charge in [-0.25, -0.2) is 0 Å². The highest BCUT2D eigenvalue weighted by molar-refractivity contribution is 9.09. The highest BCUT2D eigenvalue weighted by atomic mass is 79.9. The molecule has 22 heteroatoms. The van der Waals surface area contributed by atoms with Crippen LogP contribution in [-0.2, 0) is 54.3 Å². The first-order valence-corrected chi connectivity index (χ1v) is 27.6. The fourth-order valence-electron chi connectivity index (χ4n) is 7.94. The Balaban J connectivity index is 2.14. The number of aromatic hydroxyl groups is 1. The highest BCUT2D eigenvalue weighted by Crippen LogP contribution is 2.21. The van der Waals surface area contributed by atoms with E-state index in [2.05, 4.69) is 47.5 Å². The van der Waals surface area contributed by atoms with Gasteiger partial charge in [0.15, 0.2) is 11.7 Å². The van der Waals surface area contributed by atoms with Crippen molar-refractivity contribution in [2.24, 2.45) is 39.9 Å². The van der Waals surface area contributed by atoms with Crippen LogP contribution in [-0.4, -0.2) is 152 Å². The Morgan fingerprint density at radius 2 is 1.62 bits per heavy atom. The molecule has 1 saturated heterocycles. The molecule has 4 amide bonds. The van der Waals surface area contributed by atoms with Gasteiger partial charge in [-0.3, -0.25) is 43.3 Å². The van der Waals surface area contributed by atoms with Crippen LogP contribution in [0.4, 0.5) is 0 Å². The zero-order valence-electron chi connectivity index (χ0n) is 42.4. The lowest BCUT2D eigenvalue weighted by Crippen LogP contribution is -2.49. The van der Waals surface area contributed by atoms with Crippen LogP contribution >= 0.6 is 27.7 Å². The molecule has 0 unspecified atom stereocenters. The Kier molecular flexibility index (Phi) is 33.7. The van der Waals surface area contributed by atoms with E-state index in [9.17, 15) is 43.5 Å². The molecular formula is C50H82BrN9O11S. The van der Waals surface area contributed by atoms with Gasteiger partial charge in [0.05, 0.1) is 62.1 Å². The molecule has 0 radical (unpaired) electrons.